The van der Waals surface area contributed by atoms with E-state index in [0.717, 1.165) is 12.8 Å². The van der Waals surface area contributed by atoms with Crippen molar-refractivity contribution in [3.63, 3.8) is 0 Å². The van der Waals surface area contributed by atoms with Crippen LogP contribution in [-0.2, 0) is 24.1 Å². The molecule has 0 saturated heterocycles. The first-order chi connectivity index (χ1) is 11.7. The number of hydrogen-bond acceptors (Lipinski definition) is 2. The number of amides is 1. The van der Waals surface area contributed by atoms with E-state index in [1.165, 1.54) is 61.6 Å². The lowest BCUT2D eigenvalue weighted by atomic mass is 9.67. The van der Waals surface area contributed by atoms with Crippen LogP contribution in [0.3, 0.4) is 0 Å². The summed E-state index contributed by atoms with van der Waals surface area (Å²) in [5.74, 6) is 1.39. The Labute approximate surface area is 145 Å². The van der Waals surface area contributed by atoms with E-state index in [0.29, 0.717) is 30.3 Å². The zero-order valence-corrected chi connectivity index (χ0v) is 14.6. The first kappa shape index (κ1) is 16.1. The molecule has 1 amide bonds. The molecule has 0 heterocycles. The maximum Gasteiger partial charge on any atom is 0.224 e. The third-order valence-corrected chi connectivity index (χ3v) is 6.48. The van der Waals surface area contributed by atoms with Crippen molar-refractivity contribution in [3.05, 3.63) is 34.9 Å². The van der Waals surface area contributed by atoms with Gasteiger partial charge in [-0.05, 0) is 79.9 Å². The highest BCUT2D eigenvalue weighted by Gasteiger charge is 2.39. The number of nitrogens with two attached hydrogens (primary N) is 1. The number of aryl methyl sites for hydroxylation is 2. The molecule has 4 rings (SSSR count). The van der Waals surface area contributed by atoms with E-state index in [1.807, 2.05) is 0 Å². The SMILES string of the molecule is NC1CC2CCCC(C1)C2NC(=O)Cc1ccc2c(c1)CCCC2. The van der Waals surface area contributed by atoms with E-state index >= 15 is 0 Å². The van der Waals surface area contributed by atoms with Gasteiger partial charge in [-0.25, -0.2) is 0 Å². The van der Waals surface area contributed by atoms with Crippen molar-refractivity contribution < 1.29 is 4.79 Å². The van der Waals surface area contributed by atoms with Crippen LogP contribution in [0.1, 0.15) is 61.6 Å². The monoisotopic (exact) mass is 326 g/mol. The molecule has 3 nitrogen and oxygen atoms in total. The molecule has 3 N–H and O–H groups in total. The van der Waals surface area contributed by atoms with Gasteiger partial charge in [0.05, 0.1) is 6.42 Å². The van der Waals surface area contributed by atoms with Crippen molar-refractivity contribution in [1.29, 1.82) is 0 Å². The molecule has 0 radical (unpaired) electrons. The molecule has 0 aromatic heterocycles. The zero-order valence-electron chi connectivity index (χ0n) is 14.6. The van der Waals surface area contributed by atoms with Crippen LogP contribution in [0.2, 0.25) is 0 Å². The number of fused-ring (bicyclic) bond motifs is 3. The molecule has 0 aliphatic heterocycles. The number of hydrogen-bond donors (Lipinski definition) is 2. The van der Waals surface area contributed by atoms with Gasteiger partial charge in [0.2, 0.25) is 5.91 Å². The minimum atomic E-state index is 0.197. The van der Waals surface area contributed by atoms with E-state index in [1.54, 1.807) is 0 Å². The lowest BCUT2D eigenvalue weighted by Crippen LogP contribution is -2.54. The summed E-state index contributed by atoms with van der Waals surface area (Å²) in [4.78, 5) is 12.6. The van der Waals surface area contributed by atoms with Gasteiger partial charge >= 0.3 is 0 Å². The van der Waals surface area contributed by atoms with Crippen molar-refractivity contribution in [2.24, 2.45) is 17.6 Å². The molecule has 2 saturated carbocycles. The van der Waals surface area contributed by atoms with Crippen molar-refractivity contribution in [2.45, 2.75) is 76.3 Å². The van der Waals surface area contributed by atoms with Gasteiger partial charge < -0.3 is 11.1 Å². The Bertz CT molecular complexity index is 598. The van der Waals surface area contributed by atoms with Crippen LogP contribution in [0.25, 0.3) is 0 Å². The molecule has 0 spiro atoms. The van der Waals surface area contributed by atoms with E-state index in [2.05, 4.69) is 23.5 Å². The summed E-state index contributed by atoms with van der Waals surface area (Å²) in [6.45, 7) is 0. The van der Waals surface area contributed by atoms with E-state index < -0.39 is 0 Å². The highest BCUT2D eigenvalue weighted by molar-refractivity contribution is 5.79. The first-order valence-corrected chi connectivity index (χ1v) is 9.84. The zero-order chi connectivity index (χ0) is 16.5. The van der Waals surface area contributed by atoms with Crippen LogP contribution >= 0.6 is 0 Å². The van der Waals surface area contributed by atoms with Crippen molar-refractivity contribution in [3.8, 4) is 0 Å². The number of benzene rings is 1. The Morgan fingerprint density at radius 1 is 1.04 bits per heavy atom. The fourth-order valence-corrected chi connectivity index (χ4v) is 5.34. The molecule has 3 heteroatoms. The fourth-order valence-electron chi connectivity index (χ4n) is 5.34. The molecule has 2 fully saturated rings. The summed E-state index contributed by atoms with van der Waals surface area (Å²) >= 11 is 0. The second-order valence-electron chi connectivity index (χ2n) is 8.26. The van der Waals surface area contributed by atoms with Crippen LogP contribution < -0.4 is 11.1 Å². The van der Waals surface area contributed by atoms with Crippen LogP contribution in [0.15, 0.2) is 18.2 Å². The minimum absolute atomic E-state index is 0.197. The average Bonchev–Trinajstić information content (AvgIpc) is 2.55. The number of rotatable bonds is 3. The Kier molecular flexibility index (Phi) is 4.62. The van der Waals surface area contributed by atoms with E-state index in [9.17, 15) is 4.79 Å². The first-order valence-electron chi connectivity index (χ1n) is 9.84. The highest BCUT2D eigenvalue weighted by atomic mass is 16.1. The van der Waals surface area contributed by atoms with Gasteiger partial charge in [-0.1, -0.05) is 24.6 Å². The van der Waals surface area contributed by atoms with Gasteiger partial charge in [0.1, 0.15) is 0 Å². The summed E-state index contributed by atoms with van der Waals surface area (Å²) in [6, 6.07) is 7.37. The smallest absolute Gasteiger partial charge is 0.224 e. The van der Waals surface area contributed by atoms with E-state index in [-0.39, 0.29) is 5.91 Å². The third-order valence-electron chi connectivity index (χ3n) is 6.48. The van der Waals surface area contributed by atoms with Crippen molar-refractivity contribution >= 4 is 5.91 Å². The predicted molar refractivity (Wildman–Crippen MR) is 96.8 cm³/mol. The summed E-state index contributed by atoms with van der Waals surface area (Å²) in [7, 11) is 0. The minimum Gasteiger partial charge on any atom is -0.353 e. The molecule has 1 aromatic carbocycles. The predicted octanol–water partition coefficient (Wildman–Crippen LogP) is 3.13. The molecular weight excluding hydrogens is 296 g/mol. The summed E-state index contributed by atoms with van der Waals surface area (Å²) < 4.78 is 0. The molecule has 24 heavy (non-hydrogen) atoms. The summed E-state index contributed by atoms with van der Waals surface area (Å²) in [5, 5.41) is 3.38. The van der Waals surface area contributed by atoms with Gasteiger partial charge in [-0.15, -0.1) is 0 Å². The molecule has 3 aliphatic carbocycles. The third kappa shape index (κ3) is 3.37. The van der Waals surface area contributed by atoms with Gasteiger partial charge in [0.15, 0.2) is 0 Å². The second-order valence-corrected chi connectivity index (χ2v) is 8.26. The average molecular weight is 326 g/mol. The molecule has 2 atom stereocenters. The second kappa shape index (κ2) is 6.87. The normalized spacial score (nSPS) is 32.0. The Balaban J connectivity index is 1.40. The maximum absolute atomic E-state index is 12.6. The van der Waals surface area contributed by atoms with Gasteiger partial charge in [-0.3, -0.25) is 4.79 Å². The molecular formula is C21H30N2O. The summed E-state index contributed by atoms with van der Waals surface area (Å²) in [6.07, 6.45) is 11.4. The molecule has 2 bridgehead atoms. The largest absolute Gasteiger partial charge is 0.353 e. The quantitative estimate of drug-likeness (QED) is 0.896. The summed E-state index contributed by atoms with van der Waals surface area (Å²) in [5.41, 5.74) is 10.3. The van der Waals surface area contributed by atoms with Gasteiger partial charge in [0.25, 0.3) is 0 Å². The lowest BCUT2D eigenvalue weighted by Gasteiger charge is -2.45. The van der Waals surface area contributed by atoms with Gasteiger partial charge in [-0.2, -0.15) is 0 Å². The molecule has 2 unspecified atom stereocenters. The van der Waals surface area contributed by atoms with Crippen LogP contribution in [0.5, 0.6) is 0 Å². The lowest BCUT2D eigenvalue weighted by molar-refractivity contribution is -0.122. The Morgan fingerprint density at radius 3 is 2.50 bits per heavy atom. The number of carbonyl (C=O) groups is 1. The highest BCUT2D eigenvalue weighted by Crippen LogP contribution is 2.39. The Morgan fingerprint density at radius 2 is 1.75 bits per heavy atom. The van der Waals surface area contributed by atoms with Gasteiger partial charge in [0, 0.05) is 12.1 Å². The Hall–Kier alpha value is -1.35. The van der Waals surface area contributed by atoms with Crippen molar-refractivity contribution in [2.75, 3.05) is 0 Å². The van der Waals surface area contributed by atoms with Crippen LogP contribution in [0, 0.1) is 11.8 Å². The van der Waals surface area contributed by atoms with Crippen LogP contribution in [0.4, 0.5) is 0 Å². The molecule has 1 aromatic rings. The van der Waals surface area contributed by atoms with Crippen molar-refractivity contribution in [1.82, 2.24) is 5.32 Å². The molecule has 3 aliphatic rings. The maximum atomic E-state index is 12.6. The standard InChI is InChI=1S/C21H30N2O/c22-19-12-17-6-3-7-18(13-19)21(17)23-20(24)11-14-8-9-15-4-1-2-5-16(15)10-14/h8-10,17-19,21H,1-7,11-13,22H2,(H,23,24). The number of carbonyl (C=O) groups excluding carboxylic acids is 1. The van der Waals surface area contributed by atoms with E-state index in [4.69, 9.17) is 5.73 Å². The molecule has 130 valence electrons. The number of nitrogens with one attached hydrogen (secondary N) is 1. The topological polar surface area (TPSA) is 55.1 Å². The fraction of sp³-hybridized carbons (Fsp3) is 0.667. The van der Waals surface area contributed by atoms with Crippen LogP contribution in [-0.4, -0.2) is 18.0 Å².